The zero-order valence-corrected chi connectivity index (χ0v) is 6.34. The second kappa shape index (κ2) is 3.87. The molecule has 1 rings (SSSR count). The van der Waals surface area contributed by atoms with Crippen molar-refractivity contribution in [2.45, 2.75) is 12.5 Å². The Balaban J connectivity index is 2.36. The zero-order valence-electron chi connectivity index (χ0n) is 6.34. The fraction of sp³-hybridized carbons (Fsp3) is 0.429. The van der Waals surface area contributed by atoms with Crippen LogP contribution < -0.4 is 0 Å². The van der Waals surface area contributed by atoms with Crippen molar-refractivity contribution < 1.29 is 14.4 Å². The third-order valence-corrected chi connectivity index (χ3v) is 1.38. The molecule has 0 saturated carbocycles. The minimum Gasteiger partial charge on any atom is -0.469 e. The van der Waals surface area contributed by atoms with Crippen LogP contribution in [0.15, 0.2) is 22.8 Å². The maximum Gasteiger partial charge on any atom is 0.229 e. The number of hydrogen-bond acceptors (Lipinski definition) is 4. The Morgan fingerprint density at radius 1 is 1.75 bits per heavy atom. The van der Waals surface area contributed by atoms with Crippen LogP contribution in [0, 0.1) is 10.1 Å². The summed E-state index contributed by atoms with van der Waals surface area (Å²) in [4.78, 5) is 9.41. The molecule has 0 fully saturated rings. The number of aliphatic hydroxyl groups is 1. The molecule has 0 aromatic carbocycles. The van der Waals surface area contributed by atoms with Crippen LogP contribution in [0.3, 0.4) is 0 Å². The molecule has 1 aromatic rings. The molecule has 0 spiro atoms. The van der Waals surface area contributed by atoms with Crippen molar-refractivity contribution in [3.05, 3.63) is 34.3 Å². The molecule has 0 aliphatic heterocycles. The van der Waals surface area contributed by atoms with Gasteiger partial charge in [0.25, 0.3) is 0 Å². The van der Waals surface area contributed by atoms with Gasteiger partial charge in [-0.3, -0.25) is 10.1 Å². The quantitative estimate of drug-likeness (QED) is 0.527. The average Bonchev–Trinajstić information content (AvgIpc) is 2.37. The molecule has 12 heavy (non-hydrogen) atoms. The third-order valence-electron chi connectivity index (χ3n) is 1.38. The lowest BCUT2D eigenvalue weighted by atomic mass is 10.2. The lowest BCUT2D eigenvalue weighted by Gasteiger charge is -2.01. The van der Waals surface area contributed by atoms with Crippen LogP contribution in [0.1, 0.15) is 5.76 Å². The Morgan fingerprint density at radius 3 is 3.00 bits per heavy atom. The van der Waals surface area contributed by atoms with Crippen LogP contribution in [-0.4, -0.2) is 22.7 Å². The number of nitrogens with zero attached hydrogens (tertiary/aromatic N) is 1. The third kappa shape index (κ3) is 2.71. The minimum atomic E-state index is -0.967. The standard InChI is InChI=1S/C7H9NO4/c9-6(5-8(10)11)4-7-2-1-3-12-7/h1-3,6,9H,4-5H2/t6-/m0/s1. The highest BCUT2D eigenvalue weighted by atomic mass is 16.6. The summed E-state index contributed by atoms with van der Waals surface area (Å²) in [6, 6.07) is 3.34. The lowest BCUT2D eigenvalue weighted by molar-refractivity contribution is -0.490. The molecule has 5 heteroatoms. The van der Waals surface area contributed by atoms with E-state index in [1.807, 2.05) is 0 Å². The van der Waals surface area contributed by atoms with E-state index in [0.29, 0.717) is 5.76 Å². The lowest BCUT2D eigenvalue weighted by Crippen LogP contribution is -2.21. The van der Waals surface area contributed by atoms with Crippen molar-refractivity contribution in [2.24, 2.45) is 0 Å². The summed E-state index contributed by atoms with van der Waals surface area (Å²) in [5.74, 6) is 0.560. The van der Waals surface area contributed by atoms with Gasteiger partial charge < -0.3 is 9.52 Å². The van der Waals surface area contributed by atoms with Gasteiger partial charge >= 0.3 is 0 Å². The predicted octanol–water partition coefficient (Wildman–Crippen LogP) is 0.460. The average molecular weight is 171 g/mol. The van der Waals surface area contributed by atoms with E-state index in [-0.39, 0.29) is 6.42 Å². The summed E-state index contributed by atoms with van der Waals surface area (Å²) >= 11 is 0. The van der Waals surface area contributed by atoms with Crippen LogP contribution in [0.4, 0.5) is 0 Å². The van der Waals surface area contributed by atoms with Gasteiger partial charge in [0.15, 0.2) is 0 Å². The monoisotopic (exact) mass is 171 g/mol. The Bertz CT molecular complexity index is 244. The summed E-state index contributed by atoms with van der Waals surface area (Å²) in [7, 11) is 0. The van der Waals surface area contributed by atoms with E-state index < -0.39 is 17.6 Å². The summed E-state index contributed by atoms with van der Waals surface area (Å²) < 4.78 is 4.90. The van der Waals surface area contributed by atoms with Crippen LogP contribution in [0.5, 0.6) is 0 Å². The zero-order chi connectivity index (χ0) is 8.97. The van der Waals surface area contributed by atoms with Crippen molar-refractivity contribution >= 4 is 0 Å². The number of furan rings is 1. The number of rotatable bonds is 4. The van der Waals surface area contributed by atoms with Gasteiger partial charge in [-0.2, -0.15) is 0 Å². The molecule has 0 amide bonds. The fourth-order valence-corrected chi connectivity index (χ4v) is 0.898. The molecule has 0 aliphatic rings. The first-order valence-electron chi connectivity index (χ1n) is 3.50. The van der Waals surface area contributed by atoms with Crippen LogP contribution in [-0.2, 0) is 6.42 Å². The Labute approximate surface area is 68.8 Å². The Hall–Kier alpha value is -1.36. The minimum absolute atomic E-state index is 0.188. The van der Waals surface area contributed by atoms with Gasteiger partial charge in [0.1, 0.15) is 11.9 Å². The summed E-state index contributed by atoms with van der Waals surface area (Å²) in [5, 5.41) is 19.0. The van der Waals surface area contributed by atoms with Gasteiger partial charge in [-0.25, -0.2) is 0 Å². The molecule has 66 valence electrons. The first-order valence-corrected chi connectivity index (χ1v) is 3.50. The molecule has 0 unspecified atom stereocenters. The summed E-state index contributed by atoms with van der Waals surface area (Å²) in [6.07, 6.45) is 0.688. The Kier molecular flexibility index (Phi) is 2.82. The van der Waals surface area contributed by atoms with Crippen molar-refractivity contribution in [3.63, 3.8) is 0 Å². The van der Waals surface area contributed by atoms with Gasteiger partial charge in [0.2, 0.25) is 6.54 Å². The number of hydrogen-bond donors (Lipinski definition) is 1. The van der Waals surface area contributed by atoms with Crippen LogP contribution in [0.25, 0.3) is 0 Å². The number of nitro groups is 1. The van der Waals surface area contributed by atoms with Crippen LogP contribution >= 0.6 is 0 Å². The molecule has 0 radical (unpaired) electrons. The maximum absolute atomic E-state index is 9.95. The van der Waals surface area contributed by atoms with Gasteiger partial charge in [0, 0.05) is 11.3 Å². The molecule has 1 atom stereocenters. The first kappa shape index (κ1) is 8.73. The van der Waals surface area contributed by atoms with E-state index in [9.17, 15) is 10.1 Å². The smallest absolute Gasteiger partial charge is 0.229 e. The van der Waals surface area contributed by atoms with Gasteiger partial charge in [-0.05, 0) is 12.1 Å². The van der Waals surface area contributed by atoms with Gasteiger partial charge in [-0.1, -0.05) is 0 Å². The van der Waals surface area contributed by atoms with E-state index in [2.05, 4.69) is 0 Å². The normalized spacial score (nSPS) is 12.8. The number of aliphatic hydroxyl groups excluding tert-OH is 1. The highest BCUT2D eigenvalue weighted by Gasteiger charge is 2.13. The summed E-state index contributed by atoms with van der Waals surface area (Å²) in [6.45, 7) is -0.444. The molecule has 0 saturated heterocycles. The highest BCUT2D eigenvalue weighted by Crippen LogP contribution is 2.03. The molecule has 1 aromatic heterocycles. The van der Waals surface area contributed by atoms with E-state index >= 15 is 0 Å². The predicted molar refractivity (Wildman–Crippen MR) is 40.3 cm³/mol. The van der Waals surface area contributed by atoms with Gasteiger partial charge in [0.05, 0.1) is 6.26 Å². The SMILES string of the molecule is O=[N+]([O-])C[C@@H](O)Cc1ccco1. The Morgan fingerprint density at radius 2 is 2.50 bits per heavy atom. The van der Waals surface area contributed by atoms with Crippen molar-refractivity contribution in [3.8, 4) is 0 Å². The van der Waals surface area contributed by atoms with E-state index in [0.717, 1.165) is 0 Å². The summed E-state index contributed by atoms with van der Waals surface area (Å²) in [5.41, 5.74) is 0. The fourth-order valence-electron chi connectivity index (χ4n) is 0.898. The molecule has 5 nitrogen and oxygen atoms in total. The topological polar surface area (TPSA) is 76.5 Å². The molecular weight excluding hydrogens is 162 g/mol. The molecule has 0 bridgehead atoms. The van der Waals surface area contributed by atoms with E-state index in [1.54, 1.807) is 12.1 Å². The molecule has 0 aliphatic carbocycles. The second-order valence-electron chi connectivity index (χ2n) is 2.45. The van der Waals surface area contributed by atoms with Crippen LogP contribution in [0.2, 0.25) is 0 Å². The molecular formula is C7H9NO4. The molecule has 1 heterocycles. The van der Waals surface area contributed by atoms with Crippen molar-refractivity contribution in [2.75, 3.05) is 6.54 Å². The highest BCUT2D eigenvalue weighted by molar-refractivity contribution is 4.99. The largest absolute Gasteiger partial charge is 0.469 e. The van der Waals surface area contributed by atoms with Gasteiger partial charge in [-0.15, -0.1) is 0 Å². The molecule has 1 N–H and O–H groups in total. The van der Waals surface area contributed by atoms with Crippen molar-refractivity contribution in [1.29, 1.82) is 0 Å². The second-order valence-corrected chi connectivity index (χ2v) is 2.45. The van der Waals surface area contributed by atoms with E-state index in [4.69, 9.17) is 9.52 Å². The van der Waals surface area contributed by atoms with E-state index in [1.165, 1.54) is 6.26 Å². The van der Waals surface area contributed by atoms with Crippen molar-refractivity contribution in [1.82, 2.24) is 0 Å². The maximum atomic E-state index is 9.95. The first-order chi connectivity index (χ1) is 5.68.